The standard InChI is InChI=1S/C7H6O3.C3H7NO3/c8-6-4-2-1-3-5(6)7(9)10;4-2(1-5)3(6)7/h1-4,8H,(H,9,10);2,5H,1,4H2,(H,6,7)/t;2-/m.0/s1. The van der Waals surface area contributed by atoms with E-state index in [4.69, 9.17) is 26.2 Å². The highest BCUT2D eigenvalue weighted by Crippen LogP contribution is 2.14. The average Bonchev–Trinajstić information content (AvgIpc) is 2.28. The van der Waals surface area contributed by atoms with Gasteiger partial charge in [0.1, 0.15) is 17.4 Å². The number of carboxylic acid groups (broad SMARTS) is 2. The number of carbonyl (C=O) groups is 2. The van der Waals surface area contributed by atoms with Crippen molar-refractivity contribution < 1.29 is 30.0 Å². The first-order valence-corrected chi connectivity index (χ1v) is 4.50. The van der Waals surface area contributed by atoms with Crippen LogP contribution in [0.2, 0.25) is 0 Å². The number of phenols is 1. The molecule has 0 aromatic heterocycles. The molecule has 6 N–H and O–H groups in total. The zero-order valence-electron chi connectivity index (χ0n) is 8.78. The van der Waals surface area contributed by atoms with Crippen LogP contribution in [-0.2, 0) is 4.79 Å². The lowest BCUT2D eigenvalue weighted by molar-refractivity contribution is -0.139. The van der Waals surface area contributed by atoms with Gasteiger partial charge < -0.3 is 26.2 Å². The minimum absolute atomic E-state index is 0.0671. The van der Waals surface area contributed by atoms with Crippen molar-refractivity contribution in [1.29, 1.82) is 0 Å². The third-order valence-corrected chi connectivity index (χ3v) is 1.65. The molecule has 0 heterocycles. The second kappa shape index (κ2) is 7.20. The van der Waals surface area contributed by atoms with Crippen molar-refractivity contribution in [3.63, 3.8) is 0 Å². The van der Waals surface area contributed by atoms with Gasteiger partial charge in [-0.05, 0) is 12.1 Å². The fourth-order valence-electron chi connectivity index (χ4n) is 0.733. The maximum absolute atomic E-state index is 10.3. The molecule has 0 aliphatic carbocycles. The molecule has 94 valence electrons. The molecule has 0 aliphatic heterocycles. The Labute approximate surface area is 96.7 Å². The minimum Gasteiger partial charge on any atom is -0.507 e. The van der Waals surface area contributed by atoms with Crippen LogP contribution in [0.25, 0.3) is 0 Å². The van der Waals surface area contributed by atoms with Gasteiger partial charge >= 0.3 is 11.9 Å². The molecule has 1 aromatic rings. The highest BCUT2D eigenvalue weighted by atomic mass is 16.4. The van der Waals surface area contributed by atoms with Gasteiger partial charge in [-0.1, -0.05) is 12.1 Å². The van der Waals surface area contributed by atoms with Gasteiger partial charge in [0.05, 0.1) is 6.61 Å². The van der Waals surface area contributed by atoms with Crippen LogP contribution in [0.1, 0.15) is 10.4 Å². The first-order valence-electron chi connectivity index (χ1n) is 4.50. The van der Waals surface area contributed by atoms with Crippen molar-refractivity contribution in [2.24, 2.45) is 5.73 Å². The summed E-state index contributed by atoms with van der Waals surface area (Å²) in [4.78, 5) is 19.9. The van der Waals surface area contributed by atoms with Crippen molar-refractivity contribution >= 4 is 11.9 Å². The van der Waals surface area contributed by atoms with Crippen LogP contribution in [0.5, 0.6) is 5.75 Å². The maximum atomic E-state index is 10.3. The quantitative estimate of drug-likeness (QED) is 0.481. The van der Waals surface area contributed by atoms with Crippen molar-refractivity contribution in [3.05, 3.63) is 29.8 Å². The van der Waals surface area contributed by atoms with E-state index in [1.54, 1.807) is 12.1 Å². The molecule has 1 rings (SSSR count). The third-order valence-electron chi connectivity index (χ3n) is 1.65. The molecule has 0 saturated heterocycles. The normalized spacial score (nSPS) is 10.9. The number of benzene rings is 1. The Morgan fingerprint density at radius 3 is 2.00 bits per heavy atom. The smallest absolute Gasteiger partial charge is 0.339 e. The molecular weight excluding hydrogens is 230 g/mol. The molecule has 0 spiro atoms. The van der Waals surface area contributed by atoms with Crippen LogP contribution >= 0.6 is 0 Å². The van der Waals surface area contributed by atoms with Crippen LogP contribution in [0.3, 0.4) is 0 Å². The van der Waals surface area contributed by atoms with Crippen LogP contribution in [0, 0.1) is 0 Å². The first-order chi connectivity index (χ1) is 7.90. The van der Waals surface area contributed by atoms with E-state index >= 15 is 0 Å². The van der Waals surface area contributed by atoms with E-state index in [1.165, 1.54) is 12.1 Å². The zero-order valence-corrected chi connectivity index (χ0v) is 8.78. The Balaban J connectivity index is 0.000000325. The molecule has 0 aliphatic rings. The summed E-state index contributed by atoms with van der Waals surface area (Å²) >= 11 is 0. The summed E-state index contributed by atoms with van der Waals surface area (Å²) in [5, 5.41) is 33.2. The SMILES string of the molecule is N[C@@H](CO)C(=O)O.O=C(O)c1ccccc1O. The zero-order chi connectivity index (χ0) is 13.4. The molecule has 7 nitrogen and oxygen atoms in total. The molecule has 0 saturated carbocycles. The topological polar surface area (TPSA) is 141 Å². The van der Waals surface area contributed by atoms with Gasteiger partial charge in [0.2, 0.25) is 0 Å². The van der Waals surface area contributed by atoms with Gasteiger partial charge in [-0.25, -0.2) is 4.79 Å². The van der Waals surface area contributed by atoms with Crippen LogP contribution in [-0.4, -0.2) is 45.0 Å². The predicted octanol–water partition coefficient (Wildman–Crippen LogP) is -0.519. The highest BCUT2D eigenvalue weighted by Gasteiger charge is 2.07. The van der Waals surface area contributed by atoms with Gasteiger partial charge in [-0.3, -0.25) is 4.79 Å². The number of hydrogen-bond donors (Lipinski definition) is 5. The molecule has 7 heteroatoms. The Morgan fingerprint density at radius 1 is 1.24 bits per heavy atom. The molecule has 1 aromatic carbocycles. The first kappa shape index (κ1) is 14.9. The Hall–Kier alpha value is -2.12. The predicted molar refractivity (Wildman–Crippen MR) is 57.8 cm³/mol. The van der Waals surface area contributed by atoms with Gasteiger partial charge in [0.15, 0.2) is 0 Å². The molecule has 0 amide bonds. The number of hydrogen-bond acceptors (Lipinski definition) is 5. The number of aliphatic hydroxyl groups is 1. The Kier molecular flexibility index (Phi) is 6.30. The average molecular weight is 243 g/mol. The van der Waals surface area contributed by atoms with Gasteiger partial charge in [-0.15, -0.1) is 0 Å². The van der Waals surface area contributed by atoms with Crippen molar-refractivity contribution in [2.75, 3.05) is 6.61 Å². The van der Waals surface area contributed by atoms with E-state index in [-0.39, 0.29) is 11.3 Å². The number of aliphatic hydroxyl groups excluding tert-OH is 1. The summed E-state index contributed by atoms with van der Waals surface area (Å²) in [7, 11) is 0. The number of carboxylic acids is 2. The minimum atomic E-state index is -1.18. The maximum Gasteiger partial charge on any atom is 0.339 e. The van der Waals surface area contributed by atoms with Crippen LogP contribution in [0.15, 0.2) is 24.3 Å². The number of rotatable bonds is 3. The summed E-state index contributed by atoms with van der Waals surface area (Å²) in [5.41, 5.74) is 4.70. The number of aromatic hydroxyl groups is 1. The van der Waals surface area contributed by atoms with Gasteiger partial charge in [-0.2, -0.15) is 0 Å². The van der Waals surface area contributed by atoms with E-state index < -0.39 is 24.6 Å². The lowest BCUT2D eigenvalue weighted by Gasteiger charge is -1.96. The van der Waals surface area contributed by atoms with Crippen molar-refractivity contribution in [1.82, 2.24) is 0 Å². The van der Waals surface area contributed by atoms with Crippen LogP contribution < -0.4 is 5.73 Å². The number of nitrogens with two attached hydrogens (primary N) is 1. The Bertz CT molecular complexity index is 392. The summed E-state index contributed by atoms with van der Waals surface area (Å²) in [6.07, 6.45) is 0. The fraction of sp³-hybridized carbons (Fsp3) is 0.200. The van der Waals surface area contributed by atoms with E-state index in [0.717, 1.165) is 0 Å². The fourth-order valence-corrected chi connectivity index (χ4v) is 0.733. The lowest BCUT2D eigenvalue weighted by atomic mass is 10.2. The number of para-hydroxylation sites is 1. The second-order valence-electron chi connectivity index (χ2n) is 2.95. The summed E-state index contributed by atoms with van der Waals surface area (Å²) in [5.74, 6) is -2.49. The van der Waals surface area contributed by atoms with Gasteiger partial charge in [0, 0.05) is 0 Å². The molecule has 17 heavy (non-hydrogen) atoms. The largest absolute Gasteiger partial charge is 0.507 e. The molecule has 1 atom stereocenters. The van der Waals surface area contributed by atoms with Crippen molar-refractivity contribution in [2.45, 2.75) is 6.04 Å². The summed E-state index contributed by atoms with van der Waals surface area (Å²) in [6, 6.07) is 4.69. The molecule has 0 radical (unpaired) electrons. The van der Waals surface area contributed by atoms with E-state index in [0.29, 0.717) is 0 Å². The van der Waals surface area contributed by atoms with Gasteiger partial charge in [0.25, 0.3) is 0 Å². The molecule has 0 unspecified atom stereocenters. The molecule has 0 fully saturated rings. The second-order valence-corrected chi connectivity index (χ2v) is 2.95. The molecule has 0 bridgehead atoms. The number of aliphatic carboxylic acids is 1. The van der Waals surface area contributed by atoms with E-state index in [2.05, 4.69) is 0 Å². The summed E-state index contributed by atoms with van der Waals surface area (Å²) in [6.45, 7) is -0.505. The van der Waals surface area contributed by atoms with Crippen molar-refractivity contribution in [3.8, 4) is 5.75 Å². The highest BCUT2D eigenvalue weighted by molar-refractivity contribution is 5.90. The molecular formula is C10H13NO6. The monoisotopic (exact) mass is 243 g/mol. The lowest BCUT2D eigenvalue weighted by Crippen LogP contribution is -2.33. The van der Waals surface area contributed by atoms with E-state index in [9.17, 15) is 9.59 Å². The third kappa shape index (κ3) is 5.50. The number of aromatic carboxylic acids is 1. The summed E-state index contributed by atoms with van der Waals surface area (Å²) < 4.78 is 0. The van der Waals surface area contributed by atoms with Crippen LogP contribution in [0.4, 0.5) is 0 Å². The Morgan fingerprint density at radius 2 is 1.76 bits per heavy atom. The van der Waals surface area contributed by atoms with E-state index in [1.807, 2.05) is 0 Å².